The van der Waals surface area contributed by atoms with E-state index in [-0.39, 0.29) is 0 Å². The summed E-state index contributed by atoms with van der Waals surface area (Å²) in [6.45, 7) is 0. The summed E-state index contributed by atoms with van der Waals surface area (Å²) in [5.74, 6) is 0.298. The summed E-state index contributed by atoms with van der Waals surface area (Å²) in [5.41, 5.74) is 3.84. The third-order valence-corrected chi connectivity index (χ3v) is 3.61. The van der Waals surface area contributed by atoms with Gasteiger partial charge in [0.15, 0.2) is 0 Å². The molecule has 0 aliphatic heterocycles. The molecule has 0 fully saturated rings. The number of aromatic hydroxyl groups is 1. The van der Waals surface area contributed by atoms with Gasteiger partial charge in [0.25, 0.3) is 0 Å². The van der Waals surface area contributed by atoms with E-state index < -0.39 is 0 Å². The number of benzene rings is 3. The normalized spacial score (nSPS) is 11.3. The molecule has 0 amide bonds. The number of phenolic OH excluding ortho intramolecular Hbond substituents is 1. The molecule has 0 saturated heterocycles. The molecule has 3 rings (SSSR count). The van der Waals surface area contributed by atoms with Crippen LogP contribution in [0.2, 0.25) is 0 Å². The van der Waals surface area contributed by atoms with Crippen LogP contribution in [0, 0.1) is 0 Å². The highest BCUT2D eigenvalue weighted by atomic mass is 16.3. The van der Waals surface area contributed by atoms with Gasteiger partial charge in [0.05, 0.1) is 0 Å². The fourth-order valence-corrected chi connectivity index (χ4v) is 2.35. The molecule has 3 aromatic carbocycles. The molecule has 1 heteroatoms. The number of rotatable bonds is 4. The second-order valence-electron chi connectivity index (χ2n) is 5.27. The first-order chi connectivity index (χ1) is 11.3. The Balaban J connectivity index is 1.84. The third-order valence-electron chi connectivity index (χ3n) is 3.61. The van der Waals surface area contributed by atoms with Crippen LogP contribution in [-0.2, 0) is 0 Å². The average molecular weight is 298 g/mol. The average Bonchev–Trinajstić information content (AvgIpc) is 2.61. The van der Waals surface area contributed by atoms with Gasteiger partial charge in [0.1, 0.15) is 5.75 Å². The molecule has 0 radical (unpaired) electrons. The summed E-state index contributed by atoms with van der Waals surface area (Å²) in [6.07, 6.45) is 7.87. The first kappa shape index (κ1) is 14.9. The van der Waals surface area contributed by atoms with Gasteiger partial charge in [0.2, 0.25) is 0 Å². The molecular formula is C22H18O. The molecule has 3 aromatic rings. The zero-order valence-electron chi connectivity index (χ0n) is 12.8. The van der Waals surface area contributed by atoms with Gasteiger partial charge < -0.3 is 5.11 Å². The predicted molar refractivity (Wildman–Crippen MR) is 98.8 cm³/mol. The largest absolute Gasteiger partial charge is 0.507 e. The minimum Gasteiger partial charge on any atom is -0.507 e. The van der Waals surface area contributed by atoms with E-state index in [4.69, 9.17) is 0 Å². The Morgan fingerprint density at radius 1 is 0.478 bits per heavy atom. The molecule has 1 nitrogen and oxygen atoms in total. The van der Waals surface area contributed by atoms with E-state index >= 15 is 0 Å². The topological polar surface area (TPSA) is 20.2 Å². The van der Waals surface area contributed by atoms with Crippen molar-refractivity contribution < 1.29 is 5.11 Å². The molecule has 0 atom stereocenters. The van der Waals surface area contributed by atoms with Crippen molar-refractivity contribution in [1.82, 2.24) is 0 Å². The minimum atomic E-state index is 0.298. The maximum atomic E-state index is 10.4. The van der Waals surface area contributed by atoms with Gasteiger partial charge in [-0.05, 0) is 11.1 Å². The lowest BCUT2D eigenvalue weighted by Gasteiger charge is -2.03. The molecular weight excluding hydrogens is 280 g/mol. The van der Waals surface area contributed by atoms with Crippen molar-refractivity contribution in [2.24, 2.45) is 0 Å². The fraction of sp³-hybridized carbons (Fsp3) is 0. The van der Waals surface area contributed by atoms with Crippen LogP contribution < -0.4 is 0 Å². The van der Waals surface area contributed by atoms with Crippen LogP contribution in [0.4, 0.5) is 0 Å². The van der Waals surface area contributed by atoms with Crippen molar-refractivity contribution in [2.45, 2.75) is 0 Å². The summed E-state index contributed by atoms with van der Waals surface area (Å²) in [7, 11) is 0. The maximum Gasteiger partial charge on any atom is 0.130 e. The molecule has 0 aliphatic rings. The van der Waals surface area contributed by atoms with Crippen molar-refractivity contribution in [2.75, 3.05) is 0 Å². The Labute approximate surface area is 136 Å². The summed E-state index contributed by atoms with van der Waals surface area (Å²) >= 11 is 0. The van der Waals surface area contributed by atoms with E-state index in [1.54, 1.807) is 0 Å². The van der Waals surface area contributed by atoms with Crippen LogP contribution >= 0.6 is 0 Å². The lowest BCUT2D eigenvalue weighted by Crippen LogP contribution is -1.80. The fourth-order valence-electron chi connectivity index (χ4n) is 2.35. The Kier molecular flexibility index (Phi) is 4.70. The smallest absolute Gasteiger partial charge is 0.130 e. The highest BCUT2D eigenvalue weighted by Gasteiger charge is 2.01. The van der Waals surface area contributed by atoms with E-state index in [9.17, 15) is 5.11 Å². The summed E-state index contributed by atoms with van der Waals surface area (Å²) in [5, 5.41) is 10.4. The van der Waals surface area contributed by atoms with E-state index in [1.165, 1.54) is 0 Å². The highest BCUT2D eigenvalue weighted by molar-refractivity contribution is 5.79. The zero-order valence-corrected chi connectivity index (χ0v) is 12.8. The van der Waals surface area contributed by atoms with Crippen LogP contribution in [0.15, 0.2) is 78.9 Å². The van der Waals surface area contributed by atoms with Crippen LogP contribution in [0.5, 0.6) is 5.75 Å². The van der Waals surface area contributed by atoms with Gasteiger partial charge in [-0.3, -0.25) is 0 Å². The van der Waals surface area contributed by atoms with E-state index in [1.807, 2.05) is 103 Å². The molecule has 0 aliphatic carbocycles. The maximum absolute atomic E-state index is 10.4. The van der Waals surface area contributed by atoms with E-state index in [0.717, 1.165) is 22.3 Å². The Morgan fingerprint density at radius 3 is 1.35 bits per heavy atom. The predicted octanol–water partition coefficient (Wildman–Crippen LogP) is 5.73. The quantitative estimate of drug-likeness (QED) is 0.609. The van der Waals surface area contributed by atoms with Crippen molar-refractivity contribution in [3.8, 4) is 5.75 Å². The second-order valence-corrected chi connectivity index (χ2v) is 5.27. The van der Waals surface area contributed by atoms with Crippen molar-refractivity contribution in [1.29, 1.82) is 0 Å². The first-order valence-electron chi connectivity index (χ1n) is 7.61. The van der Waals surface area contributed by atoms with Crippen molar-refractivity contribution in [3.63, 3.8) is 0 Å². The Bertz CT molecular complexity index is 747. The summed E-state index contributed by atoms with van der Waals surface area (Å²) in [6, 6.07) is 25.9. The number of para-hydroxylation sites is 1. The lowest BCUT2D eigenvalue weighted by molar-refractivity contribution is 0.473. The van der Waals surface area contributed by atoms with E-state index in [2.05, 4.69) is 0 Å². The van der Waals surface area contributed by atoms with Gasteiger partial charge in [-0.25, -0.2) is 0 Å². The molecule has 112 valence electrons. The number of hydrogen-bond acceptors (Lipinski definition) is 1. The monoisotopic (exact) mass is 298 g/mol. The summed E-state index contributed by atoms with van der Waals surface area (Å²) in [4.78, 5) is 0. The molecule has 0 bridgehead atoms. The number of phenols is 1. The van der Waals surface area contributed by atoms with Gasteiger partial charge in [-0.1, -0.05) is 103 Å². The SMILES string of the molecule is Oc1c(C=Cc2ccccc2)cccc1C=Cc1ccccc1. The van der Waals surface area contributed by atoms with Crippen LogP contribution in [-0.4, -0.2) is 5.11 Å². The van der Waals surface area contributed by atoms with Crippen LogP contribution in [0.3, 0.4) is 0 Å². The van der Waals surface area contributed by atoms with Crippen LogP contribution in [0.25, 0.3) is 24.3 Å². The van der Waals surface area contributed by atoms with Crippen molar-refractivity contribution in [3.05, 3.63) is 101 Å². The molecule has 0 aromatic heterocycles. The highest BCUT2D eigenvalue weighted by Crippen LogP contribution is 2.26. The van der Waals surface area contributed by atoms with Crippen LogP contribution in [0.1, 0.15) is 22.3 Å². The molecule has 0 unspecified atom stereocenters. The first-order valence-corrected chi connectivity index (χ1v) is 7.61. The zero-order chi connectivity index (χ0) is 15.9. The third kappa shape index (κ3) is 3.98. The molecule has 0 heterocycles. The standard InChI is InChI=1S/C22H18O/c23-22-20(16-14-18-8-3-1-4-9-18)12-7-13-21(22)17-15-19-10-5-2-6-11-19/h1-17,23H. The second kappa shape index (κ2) is 7.28. The van der Waals surface area contributed by atoms with E-state index in [0.29, 0.717) is 5.75 Å². The Hall–Kier alpha value is -3.06. The molecule has 23 heavy (non-hydrogen) atoms. The number of hydrogen-bond donors (Lipinski definition) is 1. The van der Waals surface area contributed by atoms with Gasteiger partial charge in [0, 0.05) is 11.1 Å². The van der Waals surface area contributed by atoms with Gasteiger partial charge >= 0.3 is 0 Å². The summed E-state index contributed by atoms with van der Waals surface area (Å²) < 4.78 is 0. The lowest BCUT2D eigenvalue weighted by atomic mass is 10.1. The minimum absolute atomic E-state index is 0.298. The molecule has 1 N–H and O–H groups in total. The molecule has 0 spiro atoms. The molecule has 0 saturated carbocycles. The van der Waals surface area contributed by atoms with Gasteiger partial charge in [-0.2, -0.15) is 0 Å². The van der Waals surface area contributed by atoms with Crippen molar-refractivity contribution >= 4 is 24.3 Å². The van der Waals surface area contributed by atoms with Gasteiger partial charge in [-0.15, -0.1) is 0 Å². The Morgan fingerprint density at radius 2 is 0.913 bits per heavy atom.